The van der Waals surface area contributed by atoms with Gasteiger partial charge in [0.25, 0.3) is 0 Å². The first-order valence-electron chi connectivity index (χ1n) is 6.82. The molecule has 0 atom stereocenters. The van der Waals surface area contributed by atoms with Crippen molar-refractivity contribution in [3.63, 3.8) is 0 Å². The van der Waals surface area contributed by atoms with E-state index in [1.54, 1.807) is 12.3 Å². The van der Waals surface area contributed by atoms with Crippen molar-refractivity contribution in [1.82, 2.24) is 15.0 Å². The predicted molar refractivity (Wildman–Crippen MR) is 83.7 cm³/mol. The van der Waals surface area contributed by atoms with Crippen molar-refractivity contribution in [2.45, 2.75) is 20.4 Å². The average molecular weight is 318 g/mol. The summed E-state index contributed by atoms with van der Waals surface area (Å²) < 4.78 is 5.52. The van der Waals surface area contributed by atoms with Crippen LogP contribution in [0.5, 0.6) is 5.88 Å². The number of pyridine rings is 1. The van der Waals surface area contributed by atoms with E-state index >= 15 is 0 Å². The van der Waals surface area contributed by atoms with Gasteiger partial charge in [-0.25, -0.2) is 15.0 Å². The monoisotopic (exact) mass is 317 g/mol. The standard InChI is InChI=1S/C15H16ClN5O/c1-10(2)9-22-15-12(16)5-11(8-21-15)7-20-14-13(6-17)18-3-4-19-14/h3-5,8,10H,7,9H2,1-2H3,(H,19,20). The molecular formula is C15H16ClN5O. The number of nitrogens with one attached hydrogen (secondary N) is 1. The Morgan fingerprint density at radius 3 is 2.77 bits per heavy atom. The van der Waals surface area contributed by atoms with E-state index in [1.165, 1.54) is 12.4 Å². The van der Waals surface area contributed by atoms with Gasteiger partial charge in [0.15, 0.2) is 11.5 Å². The molecule has 0 aliphatic rings. The fourth-order valence-electron chi connectivity index (χ4n) is 1.65. The molecule has 114 valence electrons. The van der Waals surface area contributed by atoms with Crippen LogP contribution in [0.15, 0.2) is 24.7 Å². The molecule has 2 aromatic rings. The summed E-state index contributed by atoms with van der Waals surface area (Å²) in [6, 6.07) is 3.76. The highest BCUT2D eigenvalue weighted by atomic mass is 35.5. The molecule has 0 saturated carbocycles. The number of hydrogen-bond acceptors (Lipinski definition) is 6. The first-order chi connectivity index (χ1) is 10.6. The lowest BCUT2D eigenvalue weighted by molar-refractivity contribution is 0.261. The van der Waals surface area contributed by atoms with Gasteiger partial charge < -0.3 is 10.1 Å². The zero-order valence-corrected chi connectivity index (χ0v) is 13.1. The maximum absolute atomic E-state index is 8.96. The van der Waals surface area contributed by atoms with Crippen molar-refractivity contribution in [3.05, 3.63) is 40.9 Å². The molecule has 0 aromatic carbocycles. The highest BCUT2D eigenvalue weighted by molar-refractivity contribution is 6.31. The van der Waals surface area contributed by atoms with E-state index in [4.69, 9.17) is 21.6 Å². The number of ether oxygens (including phenoxy) is 1. The summed E-state index contributed by atoms with van der Waals surface area (Å²) in [7, 11) is 0. The molecule has 0 fully saturated rings. The number of rotatable bonds is 6. The molecule has 0 saturated heterocycles. The molecule has 0 amide bonds. The third-order valence-electron chi connectivity index (χ3n) is 2.68. The van der Waals surface area contributed by atoms with Gasteiger partial charge in [0, 0.05) is 25.1 Å². The third-order valence-corrected chi connectivity index (χ3v) is 2.95. The second-order valence-corrected chi connectivity index (χ2v) is 5.46. The maximum Gasteiger partial charge on any atom is 0.232 e. The van der Waals surface area contributed by atoms with E-state index in [2.05, 4.69) is 34.1 Å². The number of hydrogen-bond donors (Lipinski definition) is 1. The minimum Gasteiger partial charge on any atom is -0.476 e. The molecule has 0 radical (unpaired) electrons. The minimum atomic E-state index is 0.249. The van der Waals surface area contributed by atoms with E-state index in [1.807, 2.05) is 6.07 Å². The topological polar surface area (TPSA) is 83.7 Å². The lowest BCUT2D eigenvalue weighted by atomic mass is 10.2. The van der Waals surface area contributed by atoms with Gasteiger partial charge in [-0.05, 0) is 17.5 Å². The lowest BCUT2D eigenvalue weighted by Crippen LogP contribution is -2.07. The Kier molecular flexibility index (Phi) is 5.50. The van der Waals surface area contributed by atoms with Crippen molar-refractivity contribution in [3.8, 4) is 11.9 Å². The first kappa shape index (κ1) is 16.0. The van der Waals surface area contributed by atoms with Crippen LogP contribution in [0, 0.1) is 17.2 Å². The summed E-state index contributed by atoms with van der Waals surface area (Å²) >= 11 is 6.16. The molecule has 6 nitrogen and oxygen atoms in total. The number of halogens is 1. The largest absolute Gasteiger partial charge is 0.476 e. The summed E-state index contributed by atoms with van der Waals surface area (Å²) in [5.74, 6) is 1.26. The Hall–Kier alpha value is -2.39. The molecule has 0 unspecified atom stereocenters. The molecule has 2 rings (SSSR count). The predicted octanol–water partition coefficient (Wildman–Crippen LogP) is 3.04. The van der Waals surface area contributed by atoms with Crippen molar-refractivity contribution < 1.29 is 4.74 Å². The summed E-state index contributed by atoms with van der Waals surface area (Å²) in [6.45, 7) is 5.11. The Morgan fingerprint density at radius 2 is 2.09 bits per heavy atom. The molecule has 1 N–H and O–H groups in total. The Labute approximate surface area is 134 Å². The molecule has 22 heavy (non-hydrogen) atoms. The van der Waals surface area contributed by atoms with Crippen molar-refractivity contribution in [2.24, 2.45) is 5.92 Å². The fraction of sp³-hybridized carbons (Fsp3) is 0.333. The number of nitrogens with zero attached hydrogens (tertiary/aromatic N) is 4. The fourth-order valence-corrected chi connectivity index (χ4v) is 1.89. The molecule has 2 aromatic heterocycles. The Balaban J connectivity index is 2.02. The van der Waals surface area contributed by atoms with Crippen LogP contribution in [0.25, 0.3) is 0 Å². The normalized spacial score (nSPS) is 10.3. The van der Waals surface area contributed by atoms with Crippen LogP contribution in [0.3, 0.4) is 0 Å². The zero-order chi connectivity index (χ0) is 15.9. The van der Waals surface area contributed by atoms with Gasteiger partial charge in [-0.3, -0.25) is 0 Å². The van der Waals surface area contributed by atoms with Crippen molar-refractivity contribution in [1.29, 1.82) is 5.26 Å². The number of aromatic nitrogens is 3. The molecular weight excluding hydrogens is 302 g/mol. The quantitative estimate of drug-likeness (QED) is 0.881. The summed E-state index contributed by atoms with van der Waals surface area (Å²) in [5.41, 5.74) is 1.11. The second-order valence-electron chi connectivity index (χ2n) is 5.05. The first-order valence-corrected chi connectivity index (χ1v) is 7.20. The highest BCUT2D eigenvalue weighted by Crippen LogP contribution is 2.23. The molecule has 0 aliphatic heterocycles. The summed E-state index contributed by atoms with van der Waals surface area (Å²) in [5, 5.41) is 12.5. The molecule has 2 heterocycles. The number of anilines is 1. The van der Waals surface area contributed by atoms with Crippen LogP contribution in [-0.4, -0.2) is 21.6 Å². The Bertz CT molecular complexity index is 684. The zero-order valence-electron chi connectivity index (χ0n) is 12.4. The molecule has 0 spiro atoms. The van der Waals surface area contributed by atoms with Crippen LogP contribution in [-0.2, 0) is 6.54 Å². The number of nitriles is 1. The van der Waals surface area contributed by atoms with Crippen LogP contribution in [0.2, 0.25) is 5.02 Å². The van der Waals surface area contributed by atoms with Gasteiger partial charge in [0.2, 0.25) is 5.88 Å². The SMILES string of the molecule is CC(C)COc1ncc(CNc2nccnc2C#N)cc1Cl. The van der Waals surface area contributed by atoms with Crippen LogP contribution < -0.4 is 10.1 Å². The van der Waals surface area contributed by atoms with E-state index in [0.29, 0.717) is 35.8 Å². The maximum atomic E-state index is 8.96. The molecule has 0 aliphatic carbocycles. The van der Waals surface area contributed by atoms with E-state index in [-0.39, 0.29) is 5.69 Å². The summed E-state index contributed by atoms with van der Waals surface area (Å²) in [4.78, 5) is 12.2. The van der Waals surface area contributed by atoms with Gasteiger partial charge in [0.05, 0.1) is 6.61 Å². The van der Waals surface area contributed by atoms with E-state index in [9.17, 15) is 0 Å². The van der Waals surface area contributed by atoms with Crippen LogP contribution >= 0.6 is 11.6 Å². The highest BCUT2D eigenvalue weighted by Gasteiger charge is 2.08. The lowest BCUT2D eigenvalue weighted by Gasteiger charge is -2.11. The van der Waals surface area contributed by atoms with Gasteiger partial charge in [0.1, 0.15) is 11.1 Å². The smallest absolute Gasteiger partial charge is 0.232 e. The van der Waals surface area contributed by atoms with Crippen LogP contribution in [0.4, 0.5) is 5.82 Å². The Morgan fingerprint density at radius 1 is 1.32 bits per heavy atom. The summed E-state index contributed by atoms with van der Waals surface area (Å²) in [6.07, 6.45) is 4.68. The van der Waals surface area contributed by atoms with Gasteiger partial charge >= 0.3 is 0 Å². The van der Waals surface area contributed by atoms with Gasteiger partial charge in [-0.15, -0.1) is 0 Å². The van der Waals surface area contributed by atoms with E-state index < -0.39 is 0 Å². The van der Waals surface area contributed by atoms with Crippen molar-refractivity contribution >= 4 is 17.4 Å². The second kappa shape index (κ2) is 7.57. The van der Waals surface area contributed by atoms with Gasteiger partial charge in [-0.2, -0.15) is 5.26 Å². The molecule has 0 bridgehead atoms. The third kappa shape index (κ3) is 4.30. The average Bonchev–Trinajstić information content (AvgIpc) is 2.52. The van der Waals surface area contributed by atoms with Crippen LogP contribution in [0.1, 0.15) is 25.1 Å². The van der Waals surface area contributed by atoms with Gasteiger partial charge in [-0.1, -0.05) is 25.4 Å². The van der Waals surface area contributed by atoms with E-state index in [0.717, 1.165) is 5.56 Å². The van der Waals surface area contributed by atoms with Crippen molar-refractivity contribution in [2.75, 3.05) is 11.9 Å². The minimum absolute atomic E-state index is 0.249. The molecule has 7 heteroatoms.